The molecule has 2 rings (SSSR count). The maximum absolute atomic E-state index is 5.64. The van der Waals surface area contributed by atoms with Gasteiger partial charge in [-0.05, 0) is 52.0 Å². The maximum Gasteiger partial charge on any atom is 0.135 e. The minimum Gasteiger partial charge on any atom is -0.491 e. The largest absolute Gasteiger partial charge is 0.491 e. The lowest BCUT2D eigenvalue weighted by Gasteiger charge is -2.20. The fourth-order valence-corrected chi connectivity index (χ4v) is 2.17. The Labute approximate surface area is 132 Å². The number of rotatable bonds is 7. The molecule has 0 saturated heterocycles. The highest BCUT2D eigenvalue weighted by Gasteiger charge is 2.05. The monoisotopic (exact) mass is 300 g/mol. The van der Waals surface area contributed by atoms with E-state index in [1.807, 2.05) is 44.2 Å². The zero-order valence-electron chi connectivity index (χ0n) is 13.7. The summed E-state index contributed by atoms with van der Waals surface area (Å²) in [7, 11) is 0. The number of aromatic nitrogens is 2. The predicted molar refractivity (Wildman–Crippen MR) is 91.1 cm³/mol. The molecule has 0 aliphatic carbocycles. The lowest BCUT2D eigenvalue weighted by atomic mass is 10.3. The lowest BCUT2D eigenvalue weighted by molar-refractivity contribution is 0.242. The molecule has 1 aromatic carbocycles. The minimum absolute atomic E-state index is 0.178. The number of nitrogens with zero attached hydrogens (tertiary/aromatic N) is 3. The van der Waals surface area contributed by atoms with Crippen LogP contribution in [0.25, 0.3) is 0 Å². The number of anilines is 3. The van der Waals surface area contributed by atoms with Gasteiger partial charge in [0, 0.05) is 24.8 Å². The standard InChI is InChI=1S/C17H24N4O/c1-5-21(6-2)17-11-16(18-12-19-17)20-14-7-9-15(10-8-14)22-13(3)4/h7-13H,5-6H2,1-4H3,(H,18,19,20). The summed E-state index contributed by atoms with van der Waals surface area (Å²) in [5.41, 5.74) is 0.973. The Balaban J connectivity index is 2.08. The fourth-order valence-electron chi connectivity index (χ4n) is 2.17. The molecule has 1 heterocycles. The summed E-state index contributed by atoms with van der Waals surface area (Å²) in [5, 5.41) is 3.29. The fraction of sp³-hybridized carbons (Fsp3) is 0.412. The Morgan fingerprint density at radius 2 is 1.77 bits per heavy atom. The van der Waals surface area contributed by atoms with E-state index in [2.05, 4.69) is 34.0 Å². The van der Waals surface area contributed by atoms with Crippen molar-refractivity contribution >= 4 is 17.3 Å². The van der Waals surface area contributed by atoms with Gasteiger partial charge >= 0.3 is 0 Å². The van der Waals surface area contributed by atoms with E-state index < -0.39 is 0 Å². The first-order chi connectivity index (χ1) is 10.6. The van der Waals surface area contributed by atoms with E-state index in [1.54, 1.807) is 6.33 Å². The van der Waals surface area contributed by atoms with Crippen LogP contribution in [0.2, 0.25) is 0 Å². The van der Waals surface area contributed by atoms with Gasteiger partial charge in [-0.25, -0.2) is 9.97 Å². The summed E-state index contributed by atoms with van der Waals surface area (Å²) in [6, 6.07) is 9.84. The summed E-state index contributed by atoms with van der Waals surface area (Å²) >= 11 is 0. The maximum atomic E-state index is 5.64. The van der Waals surface area contributed by atoms with Crippen LogP contribution in [0.5, 0.6) is 5.75 Å². The Morgan fingerprint density at radius 3 is 2.36 bits per heavy atom. The molecule has 1 N–H and O–H groups in total. The Hall–Kier alpha value is -2.30. The molecule has 5 nitrogen and oxygen atoms in total. The summed E-state index contributed by atoms with van der Waals surface area (Å²) in [6.07, 6.45) is 1.77. The number of hydrogen-bond acceptors (Lipinski definition) is 5. The average Bonchev–Trinajstić information content (AvgIpc) is 2.50. The lowest BCUT2D eigenvalue weighted by Crippen LogP contribution is -2.23. The first-order valence-electron chi connectivity index (χ1n) is 7.73. The van der Waals surface area contributed by atoms with Crippen molar-refractivity contribution in [1.82, 2.24) is 9.97 Å². The van der Waals surface area contributed by atoms with E-state index in [9.17, 15) is 0 Å². The van der Waals surface area contributed by atoms with Crippen LogP contribution >= 0.6 is 0 Å². The smallest absolute Gasteiger partial charge is 0.135 e. The highest BCUT2D eigenvalue weighted by Crippen LogP contribution is 2.21. The van der Waals surface area contributed by atoms with Crippen LogP contribution in [0.15, 0.2) is 36.7 Å². The van der Waals surface area contributed by atoms with Crippen molar-refractivity contribution < 1.29 is 4.74 Å². The molecular weight excluding hydrogens is 276 g/mol. The van der Waals surface area contributed by atoms with Gasteiger partial charge < -0.3 is 15.0 Å². The van der Waals surface area contributed by atoms with Gasteiger partial charge in [-0.2, -0.15) is 0 Å². The van der Waals surface area contributed by atoms with Crippen LogP contribution in [0.4, 0.5) is 17.3 Å². The second-order valence-corrected chi connectivity index (χ2v) is 5.25. The predicted octanol–water partition coefficient (Wildman–Crippen LogP) is 3.85. The molecule has 2 aromatic rings. The number of nitrogens with one attached hydrogen (secondary N) is 1. The molecule has 0 unspecified atom stereocenters. The quantitative estimate of drug-likeness (QED) is 0.841. The summed E-state index contributed by atoms with van der Waals surface area (Å²) < 4.78 is 5.64. The normalized spacial score (nSPS) is 10.6. The van der Waals surface area contributed by atoms with E-state index in [4.69, 9.17) is 4.74 Å². The van der Waals surface area contributed by atoms with Gasteiger partial charge in [0.1, 0.15) is 23.7 Å². The number of hydrogen-bond donors (Lipinski definition) is 1. The molecule has 0 fully saturated rings. The van der Waals surface area contributed by atoms with Gasteiger partial charge in [-0.3, -0.25) is 0 Å². The summed E-state index contributed by atoms with van der Waals surface area (Å²) in [5.74, 6) is 2.59. The van der Waals surface area contributed by atoms with Crippen molar-refractivity contribution in [2.75, 3.05) is 23.3 Å². The number of ether oxygens (including phenoxy) is 1. The van der Waals surface area contributed by atoms with Crippen LogP contribution < -0.4 is 15.0 Å². The molecular formula is C17H24N4O. The van der Waals surface area contributed by atoms with Crippen LogP contribution in [-0.2, 0) is 0 Å². The van der Waals surface area contributed by atoms with Crippen molar-refractivity contribution in [2.45, 2.75) is 33.8 Å². The molecule has 0 bridgehead atoms. The van der Waals surface area contributed by atoms with Gasteiger partial charge in [0.05, 0.1) is 6.10 Å². The van der Waals surface area contributed by atoms with Gasteiger partial charge in [-0.15, -0.1) is 0 Å². The van der Waals surface area contributed by atoms with Crippen molar-refractivity contribution in [3.05, 3.63) is 36.7 Å². The van der Waals surface area contributed by atoms with E-state index >= 15 is 0 Å². The third-order valence-corrected chi connectivity index (χ3v) is 3.24. The van der Waals surface area contributed by atoms with Crippen LogP contribution in [0, 0.1) is 0 Å². The highest BCUT2D eigenvalue weighted by molar-refractivity contribution is 5.60. The molecule has 0 amide bonds. The van der Waals surface area contributed by atoms with Crippen molar-refractivity contribution in [3.63, 3.8) is 0 Å². The Kier molecular flexibility index (Phi) is 5.58. The molecule has 0 aliphatic heterocycles. The van der Waals surface area contributed by atoms with Crippen molar-refractivity contribution in [2.24, 2.45) is 0 Å². The average molecular weight is 300 g/mol. The van der Waals surface area contributed by atoms with E-state index in [0.717, 1.165) is 36.2 Å². The van der Waals surface area contributed by atoms with Gasteiger partial charge in [0.2, 0.25) is 0 Å². The molecule has 1 aromatic heterocycles. The zero-order valence-corrected chi connectivity index (χ0v) is 13.7. The molecule has 0 saturated carbocycles. The molecule has 0 atom stereocenters. The molecule has 5 heteroatoms. The van der Waals surface area contributed by atoms with Crippen LogP contribution in [0.3, 0.4) is 0 Å². The molecule has 0 spiro atoms. The third-order valence-electron chi connectivity index (χ3n) is 3.24. The highest BCUT2D eigenvalue weighted by atomic mass is 16.5. The van der Waals surface area contributed by atoms with Gasteiger partial charge in [0.15, 0.2) is 0 Å². The Bertz CT molecular complexity index is 579. The van der Waals surface area contributed by atoms with Crippen molar-refractivity contribution in [3.8, 4) is 5.75 Å². The molecule has 0 radical (unpaired) electrons. The van der Waals surface area contributed by atoms with Crippen molar-refractivity contribution in [1.29, 1.82) is 0 Å². The minimum atomic E-state index is 0.178. The van der Waals surface area contributed by atoms with Crippen LogP contribution in [-0.4, -0.2) is 29.2 Å². The summed E-state index contributed by atoms with van der Waals surface area (Å²) in [4.78, 5) is 10.8. The number of benzene rings is 1. The van der Waals surface area contributed by atoms with E-state index in [-0.39, 0.29) is 6.10 Å². The SMILES string of the molecule is CCN(CC)c1cc(Nc2ccc(OC(C)C)cc2)ncn1. The van der Waals surface area contributed by atoms with E-state index in [0.29, 0.717) is 0 Å². The summed E-state index contributed by atoms with van der Waals surface area (Å²) in [6.45, 7) is 10.1. The zero-order chi connectivity index (χ0) is 15.9. The van der Waals surface area contributed by atoms with Gasteiger partial charge in [-0.1, -0.05) is 0 Å². The second kappa shape index (κ2) is 7.64. The molecule has 118 valence electrons. The second-order valence-electron chi connectivity index (χ2n) is 5.25. The third kappa shape index (κ3) is 4.35. The first kappa shape index (κ1) is 16.1. The van der Waals surface area contributed by atoms with Crippen LogP contribution in [0.1, 0.15) is 27.7 Å². The topological polar surface area (TPSA) is 50.3 Å². The van der Waals surface area contributed by atoms with Gasteiger partial charge in [0.25, 0.3) is 0 Å². The molecule has 22 heavy (non-hydrogen) atoms. The van der Waals surface area contributed by atoms with E-state index in [1.165, 1.54) is 0 Å². The Morgan fingerprint density at radius 1 is 1.09 bits per heavy atom. The molecule has 0 aliphatic rings. The first-order valence-corrected chi connectivity index (χ1v) is 7.73.